The molecule has 1 aromatic heterocycles. The van der Waals surface area contributed by atoms with E-state index in [-0.39, 0.29) is 5.78 Å². The van der Waals surface area contributed by atoms with Gasteiger partial charge >= 0.3 is 0 Å². The van der Waals surface area contributed by atoms with E-state index in [1.807, 2.05) is 71.7 Å². The van der Waals surface area contributed by atoms with Crippen molar-refractivity contribution in [3.8, 4) is 0 Å². The molecule has 5 rings (SSSR count). The van der Waals surface area contributed by atoms with Crippen molar-refractivity contribution in [1.29, 1.82) is 0 Å². The molecule has 0 saturated heterocycles. The standard InChI is InChI=1S/C20H14N2O2/c23-19-15-9-4-5-10-17(15)22-20(19,14-7-2-1-3-8-14)13-16(21-22)18-11-6-12-24-18/h1-12H,13H2. The Morgan fingerprint density at radius 3 is 2.54 bits per heavy atom. The number of furan rings is 1. The summed E-state index contributed by atoms with van der Waals surface area (Å²) in [5, 5.41) is 6.64. The van der Waals surface area contributed by atoms with Gasteiger partial charge in [0, 0.05) is 12.0 Å². The van der Waals surface area contributed by atoms with E-state index in [1.54, 1.807) is 6.26 Å². The van der Waals surface area contributed by atoms with Crippen LogP contribution in [-0.4, -0.2) is 11.5 Å². The molecular formula is C20H14N2O2. The molecule has 2 aliphatic rings. The molecule has 3 aromatic rings. The first-order valence-corrected chi connectivity index (χ1v) is 7.92. The predicted octanol–water partition coefficient (Wildman–Crippen LogP) is 3.99. The Hall–Kier alpha value is -3.14. The lowest BCUT2D eigenvalue weighted by atomic mass is 9.81. The lowest BCUT2D eigenvalue weighted by Crippen LogP contribution is -2.42. The molecule has 3 heterocycles. The van der Waals surface area contributed by atoms with Crippen LogP contribution in [0.1, 0.15) is 28.1 Å². The number of fused-ring (bicyclic) bond motifs is 3. The van der Waals surface area contributed by atoms with Gasteiger partial charge in [-0.1, -0.05) is 42.5 Å². The second kappa shape index (κ2) is 4.68. The summed E-state index contributed by atoms with van der Waals surface area (Å²) >= 11 is 0. The zero-order chi connectivity index (χ0) is 16.1. The fourth-order valence-electron chi connectivity index (χ4n) is 3.72. The van der Waals surface area contributed by atoms with Gasteiger partial charge < -0.3 is 4.42 Å². The first-order valence-electron chi connectivity index (χ1n) is 7.92. The van der Waals surface area contributed by atoms with Crippen LogP contribution in [-0.2, 0) is 5.54 Å². The monoisotopic (exact) mass is 314 g/mol. The maximum Gasteiger partial charge on any atom is 0.197 e. The van der Waals surface area contributed by atoms with E-state index in [0.717, 1.165) is 22.5 Å². The van der Waals surface area contributed by atoms with Crippen LogP contribution < -0.4 is 5.01 Å². The van der Waals surface area contributed by atoms with E-state index in [9.17, 15) is 4.79 Å². The highest BCUT2D eigenvalue weighted by molar-refractivity contribution is 6.19. The minimum atomic E-state index is -0.812. The summed E-state index contributed by atoms with van der Waals surface area (Å²) in [5.74, 6) is 0.805. The Morgan fingerprint density at radius 1 is 0.958 bits per heavy atom. The lowest BCUT2D eigenvalue weighted by molar-refractivity contribution is 0.0908. The largest absolute Gasteiger partial charge is 0.463 e. The number of benzene rings is 2. The second-order valence-electron chi connectivity index (χ2n) is 6.09. The molecule has 24 heavy (non-hydrogen) atoms. The van der Waals surface area contributed by atoms with Crippen LogP contribution in [0.15, 0.2) is 82.5 Å². The molecule has 116 valence electrons. The van der Waals surface area contributed by atoms with Crippen LogP contribution in [0.25, 0.3) is 0 Å². The molecule has 0 bridgehead atoms. The number of nitrogens with zero attached hydrogens (tertiary/aromatic N) is 2. The normalized spacial score (nSPS) is 21.6. The van der Waals surface area contributed by atoms with Gasteiger partial charge in [-0.25, -0.2) is 5.01 Å². The number of Topliss-reactive ketones (excluding diaryl/α,β-unsaturated/α-hetero) is 1. The van der Waals surface area contributed by atoms with Crippen molar-refractivity contribution in [1.82, 2.24) is 0 Å². The van der Waals surface area contributed by atoms with Gasteiger partial charge in [0.2, 0.25) is 0 Å². The highest BCUT2D eigenvalue weighted by Crippen LogP contribution is 2.50. The smallest absolute Gasteiger partial charge is 0.197 e. The van der Waals surface area contributed by atoms with E-state index < -0.39 is 5.54 Å². The first-order chi connectivity index (χ1) is 11.8. The van der Waals surface area contributed by atoms with Crippen molar-refractivity contribution >= 4 is 17.2 Å². The van der Waals surface area contributed by atoms with E-state index >= 15 is 0 Å². The highest BCUT2D eigenvalue weighted by Gasteiger charge is 2.57. The van der Waals surface area contributed by atoms with Crippen LogP contribution in [0.5, 0.6) is 0 Å². The SMILES string of the molecule is O=C1c2ccccc2N2N=C(c3ccco3)CC12c1ccccc1. The third-order valence-electron chi connectivity index (χ3n) is 4.82. The Bertz CT molecular complexity index is 960. The van der Waals surface area contributed by atoms with Crippen molar-refractivity contribution < 1.29 is 9.21 Å². The molecule has 2 aromatic carbocycles. The Labute approximate surface area is 139 Å². The summed E-state index contributed by atoms with van der Waals surface area (Å²) in [6.45, 7) is 0. The summed E-state index contributed by atoms with van der Waals surface area (Å²) in [6, 6.07) is 21.3. The maximum absolute atomic E-state index is 13.4. The number of anilines is 1. The van der Waals surface area contributed by atoms with Crippen molar-refractivity contribution in [3.63, 3.8) is 0 Å². The van der Waals surface area contributed by atoms with Gasteiger partial charge in [-0.05, 0) is 29.8 Å². The molecule has 0 saturated carbocycles. The van der Waals surface area contributed by atoms with Crippen molar-refractivity contribution in [3.05, 3.63) is 89.9 Å². The lowest BCUT2D eigenvalue weighted by Gasteiger charge is -2.30. The molecule has 0 fully saturated rings. The Kier molecular flexibility index (Phi) is 2.59. The third kappa shape index (κ3) is 1.57. The predicted molar refractivity (Wildman–Crippen MR) is 91.2 cm³/mol. The Morgan fingerprint density at radius 2 is 1.75 bits per heavy atom. The van der Waals surface area contributed by atoms with Crippen molar-refractivity contribution in [2.45, 2.75) is 12.0 Å². The van der Waals surface area contributed by atoms with Gasteiger partial charge in [-0.2, -0.15) is 5.10 Å². The van der Waals surface area contributed by atoms with Crippen LogP contribution in [0.3, 0.4) is 0 Å². The fourth-order valence-corrected chi connectivity index (χ4v) is 3.72. The van der Waals surface area contributed by atoms with Crippen LogP contribution in [0.4, 0.5) is 5.69 Å². The average molecular weight is 314 g/mol. The molecule has 2 aliphatic heterocycles. The van der Waals surface area contributed by atoms with E-state index in [2.05, 4.69) is 0 Å². The van der Waals surface area contributed by atoms with Gasteiger partial charge in [0.1, 0.15) is 11.5 Å². The topological polar surface area (TPSA) is 45.8 Å². The zero-order valence-electron chi connectivity index (χ0n) is 12.8. The highest BCUT2D eigenvalue weighted by atomic mass is 16.3. The Balaban J connectivity index is 1.75. The van der Waals surface area contributed by atoms with Crippen molar-refractivity contribution in [2.75, 3.05) is 5.01 Å². The maximum atomic E-state index is 13.4. The van der Waals surface area contributed by atoms with E-state index in [4.69, 9.17) is 9.52 Å². The number of hydrogen-bond donors (Lipinski definition) is 0. The van der Waals surface area contributed by atoms with E-state index in [0.29, 0.717) is 12.2 Å². The molecule has 0 N–H and O–H groups in total. The number of para-hydroxylation sites is 1. The van der Waals surface area contributed by atoms with Gasteiger partial charge in [-0.3, -0.25) is 4.79 Å². The number of carbonyl (C=O) groups is 1. The quantitative estimate of drug-likeness (QED) is 0.718. The molecule has 4 heteroatoms. The molecule has 0 spiro atoms. The van der Waals surface area contributed by atoms with E-state index in [1.165, 1.54) is 0 Å². The summed E-state index contributed by atoms with van der Waals surface area (Å²) < 4.78 is 5.52. The van der Waals surface area contributed by atoms with Crippen molar-refractivity contribution in [2.24, 2.45) is 5.10 Å². The molecule has 0 amide bonds. The summed E-state index contributed by atoms with van der Waals surface area (Å²) in [7, 11) is 0. The summed E-state index contributed by atoms with van der Waals surface area (Å²) in [4.78, 5) is 13.4. The van der Waals surface area contributed by atoms with Crippen LogP contribution in [0, 0.1) is 0 Å². The second-order valence-corrected chi connectivity index (χ2v) is 6.09. The summed E-state index contributed by atoms with van der Waals surface area (Å²) in [6.07, 6.45) is 2.13. The number of hydrogen-bond acceptors (Lipinski definition) is 4. The summed E-state index contributed by atoms with van der Waals surface area (Å²) in [5.41, 5.74) is 2.52. The molecule has 4 nitrogen and oxygen atoms in total. The fraction of sp³-hybridized carbons (Fsp3) is 0.100. The number of hydrazone groups is 1. The zero-order valence-corrected chi connectivity index (χ0v) is 12.8. The number of rotatable bonds is 2. The molecular weight excluding hydrogens is 300 g/mol. The van der Waals surface area contributed by atoms with Crippen LogP contribution in [0.2, 0.25) is 0 Å². The first kappa shape index (κ1) is 13.3. The minimum Gasteiger partial charge on any atom is -0.463 e. The molecule has 0 aliphatic carbocycles. The third-order valence-corrected chi connectivity index (χ3v) is 4.82. The van der Waals surface area contributed by atoms with Gasteiger partial charge in [0.15, 0.2) is 11.3 Å². The van der Waals surface area contributed by atoms with Crippen LogP contribution >= 0.6 is 0 Å². The number of ketones is 1. The van der Waals surface area contributed by atoms with Gasteiger partial charge in [0.25, 0.3) is 0 Å². The van der Waals surface area contributed by atoms with Gasteiger partial charge in [-0.15, -0.1) is 0 Å². The molecule has 1 atom stereocenters. The number of carbonyl (C=O) groups excluding carboxylic acids is 1. The molecule has 0 radical (unpaired) electrons. The minimum absolute atomic E-state index is 0.0922. The average Bonchev–Trinajstić information content (AvgIpc) is 3.33. The molecule has 1 unspecified atom stereocenters. The van der Waals surface area contributed by atoms with Gasteiger partial charge in [0.05, 0.1) is 12.0 Å².